The fourth-order valence-electron chi connectivity index (χ4n) is 1.31. The van der Waals surface area contributed by atoms with Crippen LogP contribution in [0.5, 0.6) is 5.75 Å². The van der Waals surface area contributed by atoms with E-state index in [1.807, 2.05) is 12.1 Å². The molecule has 1 aromatic carbocycles. The molecule has 0 fully saturated rings. The Morgan fingerprint density at radius 3 is 2.82 bits per heavy atom. The van der Waals surface area contributed by atoms with E-state index in [4.69, 9.17) is 21.4 Å². The molecule has 2 N–H and O–H groups in total. The van der Waals surface area contributed by atoms with E-state index < -0.39 is 11.9 Å². The van der Waals surface area contributed by atoms with E-state index in [9.17, 15) is 4.79 Å². The maximum Gasteiger partial charge on any atom is 0.307 e. The second-order valence-electron chi connectivity index (χ2n) is 3.83. The average molecular weight is 258 g/mol. The number of nitrogens with one attached hydrogen (secondary N) is 1. The van der Waals surface area contributed by atoms with Gasteiger partial charge in [0.15, 0.2) is 0 Å². The van der Waals surface area contributed by atoms with Crippen molar-refractivity contribution in [3.63, 3.8) is 0 Å². The van der Waals surface area contributed by atoms with Crippen LogP contribution in [0.15, 0.2) is 18.2 Å². The van der Waals surface area contributed by atoms with Crippen molar-refractivity contribution >= 4 is 17.6 Å². The molecular formula is C12H16ClNO3. The number of ether oxygens (including phenoxy) is 1. The van der Waals surface area contributed by atoms with Crippen LogP contribution in [-0.2, 0) is 11.3 Å². The summed E-state index contributed by atoms with van der Waals surface area (Å²) in [6.07, 6.45) is 0. The van der Waals surface area contributed by atoms with Gasteiger partial charge in [-0.15, -0.1) is 0 Å². The van der Waals surface area contributed by atoms with E-state index in [0.29, 0.717) is 23.9 Å². The van der Waals surface area contributed by atoms with Crippen molar-refractivity contribution < 1.29 is 14.6 Å². The van der Waals surface area contributed by atoms with Crippen molar-refractivity contribution in [1.82, 2.24) is 5.32 Å². The zero-order chi connectivity index (χ0) is 12.8. The van der Waals surface area contributed by atoms with Crippen LogP contribution in [0, 0.1) is 5.92 Å². The van der Waals surface area contributed by atoms with Gasteiger partial charge in [0.2, 0.25) is 0 Å². The summed E-state index contributed by atoms with van der Waals surface area (Å²) in [5, 5.41) is 12.4. The number of rotatable bonds is 6. The second-order valence-corrected chi connectivity index (χ2v) is 4.23. The molecule has 4 nitrogen and oxygen atoms in total. The lowest BCUT2D eigenvalue weighted by molar-refractivity contribution is -0.140. The Morgan fingerprint density at radius 1 is 1.59 bits per heavy atom. The van der Waals surface area contributed by atoms with Crippen LogP contribution in [0.4, 0.5) is 0 Å². The van der Waals surface area contributed by atoms with Crippen LogP contribution >= 0.6 is 11.6 Å². The zero-order valence-electron chi connectivity index (χ0n) is 9.87. The van der Waals surface area contributed by atoms with Crippen LogP contribution in [0.3, 0.4) is 0 Å². The van der Waals surface area contributed by atoms with Gasteiger partial charge in [0.05, 0.1) is 13.0 Å². The maximum atomic E-state index is 10.6. The zero-order valence-corrected chi connectivity index (χ0v) is 10.6. The van der Waals surface area contributed by atoms with Crippen molar-refractivity contribution in [2.24, 2.45) is 5.92 Å². The lowest BCUT2D eigenvalue weighted by atomic mass is 10.1. The van der Waals surface area contributed by atoms with E-state index in [2.05, 4.69) is 5.32 Å². The van der Waals surface area contributed by atoms with E-state index in [-0.39, 0.29) is 0 Å². The third-order valence-corrected chi connectivity index (χ3v) is 2.80. The Hall–Kier alpha value is -1.26. The quantitative estimate of drug-likeness (QED) is 0.820. The molecule has 1 aromatic rings. The summed E-state index contributed by atoms with van der Waals surface area (Å²) >= 11 is 6.05. The number of halogens is 1. The lowest BCUT2D eigenvalue weighted by Crippen LogP contribution is -2.26. The maximum absolute atomic E-state index is 10.6. The molecular weight excluding hydrogens is 242 g/mol. The van der Waals surface area contributed by atoms with Crippen molar-refractivity contribution in [3.8, 4) is 5.75 Å². The van der Waals surface area contributed by atoms with Crippen LogP contribution in [0.1, 0.15) is 12.5 Å². The normalized spacial score (nSPS) is 12.2. The molecule has 17 heavy (non-hydrogen) atoms. The Balaban J connectivity index is 2.49. The summed E-state index contributed by atoms with van der Waals surface area (Å²) in [5.74, 6) is -0.511. The van der Waals surface area contributed by atoms with E-state index in [1.54, 1.807) is 20.1 Å². The van der Waals surface area contributed by atoms with Gasteiger partial charge in [-0.05, 0) is 17.7 Å². The van der Waals surface area contributed by atoms with Gasteiger partial charge in [0.1, 0.15) is 5.75 Å². The minimum absolute atomic E-state index is 0.410. The molecule has 0 amide bonds. The van der Waals surface area contributed by atoms with Crippen molar-refractivity contribution in [2.75, 3.05) is 13.7 Å². The lowest BCUT2D eigenvalue weighted by Gasteiger charge is -2.10. The van der Waals surface area contributed by atoms with Crippen molar-refractivity contribution in [3.05, 3.63) is 28.8 Å². The van der Waals surface area contributed by atoms with Crippen molar-refractivity contribution in [2.45, 2.75) is 13.5 Å². The number of methoxy groups -OCH3 is 1. The number of aliphatic carboxylic acids is 1. The van der Waals surface area contributed by atoms with Gasteiger partial charge in [-0.3, -0.25) is 4.79 Å². The number of hydrogen-bond donors (Lipinski definition) is 2. The number of hydrogen-bond acceptors (Lipinski definition) is 3. The number of benzene rings is 1. The fraction of sp³-hybridized carbons (Fsp3) is 0.417. The largest absolute Gasteiger partial charge is 0.497 e. The van der Waals surface area contributed by atoms with Gasteiger partial charge in [-0.25, -0.2) is 0 Å². The minimum Gasteiger partial charge on any atom is -0.497 e. The topological polar surface area (TPSA) is 58.6 Å². The van der Waals surface area contributed by atoms with Gasteiger partial charge < -0.3 is 15.2 Å². The smallest absolute Gasteiger partial charge is 0.307 e. The van der Waals surface area contributed by atoms with E-state index >= 15 is 0 Å². The molecule has 0 aliphatic heterocycles. The average Bonchev–Trinajstić information content (AvgIpc) is 2.30. The Labute approximate surface area is 106 Å². The van der Waals surface area contributed by atoms with Crippen molar-refractivity contribution in [1.29, 1.82) is 0 Å². The third kappa shape index (κ3) is 4.24. The molecule has 0 aliphatic rings. The van der Waals surface area contributed by atoms with Gasteiger partial charge in [0, 0.05) is 18.1 Å². The minimum atomic E-state index is -0.807. The molecule has 0 aliphatic carbocycles. The van der Waals surface area contributed by atoms with E-state index in [0.717, 1.165) is 5.56 Å². The molecule has 0 saturated carbocycles. The first-order valence-electron chi connectivity index (χ1n) is 5.30. The van der Waals surface area contributed by atoms with Crippen LogP contribution < -0.4 is 10.1 Å². The van der Waals surface area contributed by atoms with Gasteiger partial charge in [-0.1, -0.05) is 24.6 Å². The number of carbonyl (C=O) groups is 1. The summed E-state index contributed by atoms with van der Waals surface area (Å²) in [4.78, 5) is 10.6. The fourth-order valence-corrected chi connectivity index (χ4v) is 1.55. The molecule has 5 heteroatoms. The molecule has 94 valence electrons. The molecule has 0 saturated heterocycles. The third-order valence-electron chi connectivity index (χ3n) is 2.45. The van der Waals surface area contributed by atoms with Gasteiger partial charge >= 0.3 is 5.97 Å². The van der Waals surface area contributed by atoms with Crippen LogP contribution in [-0.4, -0.2) is 24.7 Å². The second kappa shape index (κ2) is 6.47. The highest BCUT2D eigenvalue weighted by molar-refractivity contribution is 6.31. The summed E-state index contributed by atoms with van der Waals surface area (Å²) in [7, 11) is 1.58. The summed E-state index contributed by atoms with van der Waals surface area (Å²) in [6, 6.07) is 5.42. The number of carboxylic acids is 1. The summed E-state index contributed by atoms with van der Waals surface area (Å²) in [5.41, 5.74) is 0.921. The Bertz CT molecular complexity index is 395. The highest BCUT2D eigenvalue weighted by atomic mass is 35.5. The summed E-state index contributed by atoms with van der Waals surface area (Å²) in [6.45, 7) is 2.61. The molecule has 0 aromatic heterocycles. The highest BCUT2D eigenvalue weighted by Crippen LogP contribution is 2.22. The SMILES string of the molecule is COc1ccc(CNCC(C)C(=O)O)c(Cl)c1. The van der Waals surface area contributed by atoms with Gasteiger partial charge in [0.25, 0.3) is 0 Å². The first-order valence-corrected chi connectivity index (χ1v) is 5.68. The molecule has 0 spiro atoms. The molecule has 1 atom stereocenters. The first-order chi connectivity index (χ1) is 8.04. The molecule has 0 radical (unpaired) electrons. The molecule has 0 heterocycles. The predicted molar refractivity (Wildman–Crippen MR) is 66.5 cm³/mol. The number of carboxylic acid groups (broad SMARTS) is 1. The standard InChI is InChI=1S/C12H16ClNO3/c1-8(12(15)16)6-14-7-9-3-4-10(17-2)5-11(9)13/h3-5,8,14H,6-7H2,1-2H3,(H,15,16). The van der Waals surface area contributed by atoms with Crippen LogP contribution in [0.25, 0.3) is 0 Å². The molecule has 0 bridgehead atoms. The highest BCUT2D eigenvalue weighted by Gasteiger charge is 2.10. The molecule has 1 rings (SSSR count). The van der Waals surface area contributed by atoms with Gasteiger partial charge in [-0.2, -0.15) is 0 Å². The van der Waals surface area contributed by atoms with Crippen LogP contribution in [0.2, 0.25) is 5.02 Å². The predicted octanol–water partition coefficient (Wildman–Crippen LogP) is 2.16. The molecule has 1 unspecified atom stereocenters. The van der Waals surface area contributed by atoms with E-state index in [1.165, 1.54) is 0 Å². The monoisotopic (exact) mass is 257 g/mol. The summed E-state index contributed by atoms with van der Waals surface area (Å²) < 4.78 is 5.04. The Morgan fingerprint density at radius 2 is 2.29 bits per heavy atom. The Kier molecular flexibility index (Phi) is 5.25. The first kappa shape index (κ1) is 13.8.